The number of esters is 1. The van der Waals surface area contributed by atoms with Gasteiger partial charge in [0.15, 0.2) is 5.82 Å². The highest BCUT2D eigenvalue weighted by Gasteiger charge is 2.14. The third-order valence-electron chi connectivity index (χ3n) is 2.66. The Morgan fingerprint density at radius 3 is 2.90 bits per heavy atom. The molecule has 0 aromatic carbocycles. The lowest BCUT2D eigenvalue weighted by Crippen LogP contribution is -2.32. The van der Waals surface area contributed by atoms with Crippen molar-refractivity contribution in [1.29, 1.82) is 0 Å². The standard InChI is InChI=1S/C13H17N5O2/c1-3-17(10-12(19)20-4-2)13-14-8-6-11(16-13)18-9-5-7-15-18/h5-9H,3-4,10H2,1-2H3. The summed E-state index contributed by atoms with van der Waals surface area (Å²) in [6, 6.07) is 3.58. The Hall–Kier alpha value is -2.44. The molecule has 0 N–H and O–H groups in total. The first-order valence-electron chi connectivity index (χ1n) is 6.48. The number of hydrogen-bond acceptors (Lipinski definition) is 6. The van der Waals surface area contributed by atoms with E-state index in [1.165, 1.54) is 0 Å². The number of rotatable bonds is 6. The Kier molecular flexibility index (Phi) is 4.65. The number of carbonyl (C=O) groups is 1. The molecule has 20 heavy (non-hydrogen) atoms. The second-order valence-electron chi connectivity index (χ2n) is 3.98. The van der Waals surface area contributed by atoms with Crippen LogP contribution in [-0.2, 0) is 9.53 Å². The van der Waals surface area contributed by atoms with E-state index in [0.29, 0.717) is 24.9 Å². The van der Waals surface area contributed by atoms with E-state index in [1.807, 2.05) is 13.0 Å². The largest absolute Gasteiger partial charge is 0.465 e. The van der Waals surface area contributed by atoms with Crippen LogP contribution in [0.3, 0.4) is 0 Å². The fourth-order valence-electron chi connectivity index (χ4n) is 1.71. The maximum Gasteiger partial charge on any atom is 0.325 e. The predicted molar refractivity (Wildman–Crippen MR) is 73.7 cm³/mol. The van der Waals surface area contributed by atoms with E-state index in [4.69, 9.17) is 4.74 Å². The number of hydrogen-bond donors (Lipinski definition) is 0. The molecule has 0 atom stereocenters. The van der Waals surface area contributed by atoms with Gasteiger partial charge < -0.3 is 9.64 Å². The van der Waals surface area contributed by atoms with Crippen LogP contribution >= 0.6 is 0 Å². The van der Waals surface area contributed by atoms with Crippen molar-refractivity contribution in [3.63, 3.8) is 0 Å². The van der Waals surface area contributed by atoms with Crippen LogP contribution in [0.1, 0.15) is 13.8 Å². The van der Waals surface area contributed by atoms with Gasteiger partial charge in [0, 0.05) is 31.2 Å². The molecule has 0 amide bonds. The first kappa shape index (κ1) is 14.0. The number of aromatic nitrogens is 4. The molecule has 7 nitrogen and oxygen atoms in total. The molecule has 2 aromatic rings. The zero-order valence-electron chi connectivity index (χ0n) is 11.6. The average Bonchev–Trinajstić information content (AvgIpc) is 2.99. The molecule has 0 fully saturated rings. The lowest BCUT2D eigenvalue weighted by Gasteiger charge is -2.19. The van der Waals surface area contributed by atoms with Crippen molar-refractivity contribution in [2.24, 2.45) is 0 Å². The fourth-order valence-corrected chi connectivity index (χ4v) is 1.71. The Balaban J connectivity index is 2.18. The van der Waals surface area contributed by atoms with E-state index in [0.717, 1.165) is 0 Å². The number of ether oxygens (including phenoxy) is 1. The molecule has 0 aliphatic carbocycles. The molecule has 7 heteroatoms. The molecular weight excluding hydrogens is 258 g/mol. The normalized spacial score (nSPS) is 10.3. The molecule has 0 saturated carbocycles. The highest BCUT2D eigenvalue weighted by Crippen LogP contribution is 2.10. The van der Waals surface area contributed by atoms with Gasteiger partial charge in [-0.3, -0.25) is 4.79 Å². The summed E-state index contributed by atoms with van der Waals surface area (Å²) in [7, 11) is 0. The molecule has 2 aromatic heterocycles. The first-order chi connectivity index (χ1) is 9.74. The van der Waals surface area contributed by atoms with Crippen LogP contribution in [0.25, 0.3) is 5.82 Å². The summed E-state index contributed by atoms with van der Waals surface area (Å²) in [6.45, 7) is 4.82. The Morgan fingerprint density at radius 1 is 1.40 bits per heavy atom. The van der Waals surface area contributed by atoms with Crippen LogP contribution < -0.4 is 4.90 Å². The van der Waals surface area contributed by atoms with Crippen LogP contribution in [0.2, 0.25) is 0 Å². The molecule has 0 saturated heterocycles. The van der Waals surface area contributed by atoms with Crippen molar-refractivity contribution in [2.45, 2.75) is 13.8 Å². The highest BCUT2D eigenvalue weighted by atomic mass is 16.5. The van der Waals surface area contributed by atoms with Gasteiger partial charge in [0.05, 0.1) is 6.61 Å². The molecule has 2 rings (SSSR count). The van der Waals surface area contributed by atoms with Gasteiger partial charge in [-0.05, 0) is 19.9 Å². The third-order valence-corrected chi connectivity index (χ3v) is 2.66. The Labute approximate surface area is 117 Å². The summed E-state index contributed by atoms with van der Waals surface area (Å²) >= 11 is 0. The summed E-state index contributed by atoms with van der Waals surface area (Å²) in [5, 5.41) is 4.12. The minimum absolute atomic E-state index is 0.132. The lowest BCUT2D eigenvalue weighted by atomic mass is 10.5. The van der Waals surface area contributed by atoms with Crippen LogP contribution in [0, 0.1) is 0 Å². The van der Waals surface area contributed by atoms with Crippen LogP contribution in [0.4, 0.5) is 5.95 Å². The van der Waals surface area contributed by atoms with Crippen molar-refractivity contribution in [3.05, 3.63) is 30.7 Å². The van der Waals surface area contributed by atoms with Gasteiger partial charge in [-0.1, -0.05) is 0 Å². The second-order valence-corrected chi connectivity index (χ2v) is 3.98. The van der Waals surface area contributed by atoms with Gasteiger partial charge in [0.2, 0.25) is 5.95 Å². The minimum atomic E-state index is -0.289. The van der Waals surface area contributed by atoms with E-state index in [1.54, 1.807) is 41.2 Å². The summed E-state index contributed by atoms with van der Waals surface area (Å²) in [6.07, 6.45) is 5.12. The smallest absolute Gasteiger partial charge is 0.325 e. The number of likely N-dealkylation sites (N-methyl/N-ethyl adjacent to an activating group) is 1. The zero-order valence-corrected chi connectivity index (χ0v) is 11.6. The van der Waals surface area contributed by atoms with Crippen molar-refractivity contribution in [3.8, 4) is 5.82 Å². The first-order valence-corrected chi connectivity index (χ1v) is 6.48. The summed E-state index contributed by atoms with van der Waals surface area (Å²) in [4.78, 5) is 21.9. The molecule has 0 bridgehead atoms. The van der Waals surface area contributed by atoms with Crippen LogP contribution in [0.15, 0.2) is 30.7 Å². The van der Waals surface area contributed by atoms with Crippen molar-refractivity contribution in [1.82, 2.24) is 19.7 Å². The molecule has 2 heterocycles. The maximum absolute atomic E-state index is 11.6. The van der Waals surface area contributed by atoms with Crippen LogP contribution in [0.5, 0.6) is 0 Å². The molecule has 0 aliphatic heterocycles. The summed E-state index contributed by atoms with van der Waals surface area (Å²) in [5.41, 5.74) is 0. The van der Waals surface area contributed by atoms with Gasteiger partial charge in [-0.15, -0.1) is 0 Å². The number of nitrogens with zero attached hydrogens (tertiary/aromatic N) is 5. The molecule has 0 radical (unpaired) electrons. The summed E-state index contributed by atoms with van der Waals surface area (Å²) < 4.78 is 6.59. The van der Waals surface area contributed by atoms with Gasteiger partial charge >= 0.3 is 5.97 Å². The predicted octanol–water partition coefficient (Wildman–Crippen LogP) is 1.05. The van der Waals surface area contributed by atoms with E-state index in [-0.39, 0.29) is 12.5 Å². The van der Waals surface area contributed by atoms with E-state index >= 15 is 0 Å². The van der Waals surface area contributed by atoms with E-state index < -0.39 is 0 Å². The zero-order chi connectivity index (χ0) is 14.4. The molecule has 106 valence electrons. The average molecular weight is 275 g/mol. The molecule has 0 spiro atoms. The van der Waals surface area contributed by atoms with E-state index in [2.05, 4.69) is 15.1 Å². The van der Waals surface area contributed by atoms with Gasteiger partial charge in [0.1, 0.15) is 6.54 Å². The SMILES string of the molecule is CCOC(=O)CN(CC)c1nccc(-n2cccn2)n1. The highest BCUT2D eigenvalue weighted by molar-refractivity contribution is 5.74. The van der Waals surface area contributed by atoms with Crippen molar-refractivity contribution >= 4 is 11.9 Å². The topological polar surface area (TPSA) is 73.1 Å². The van der Waals surface area contributed by atoms with Crippen LogP contribution in [-0.4, -0.2) is 45.4 Å². The molecule has 0 unspecified atom stereocenters. The van der Waals surface area contributed by atoms with Gasteiger partial charge in [-0.25, -0.2) is 9.67 Å². The number of carbonyl (C=O) groups excluding carboxylic acids is 1. The van der Waals surface area contributed by atoms with Gasteiger partial charge in [0.25, 0.3) is 0 Å². The van der Waals surface area contributed by atoms with Crippen molar-refractivity contribution in [2.75, 3.05) is 24.6 Å². The molecular formula is C13H17N5O2. The third kappa shape index (κ3) is 3.31. The Morgan fingerprint density at radius 2 is 2.25 bits per heavy atom. The van der Waals surface area contributed by atoms with Gasteiger partial charge in [-0.2, -0.15) is 10.1 Å². The minimum Gasteiger partial charge on any atom is -0.465 e. The second kappa shape index (κ2) is 6.65. The lowest BCUT2D eigenvalue weighted by molar-refractivity contribution is -0.141. The van der Waals surface area contributed by atoms with E-state index in [9.17, 15) is 4.79 Å². The molecule has 0 aliphatic rings. The maximum atomic E-state index is 11.6. The monoisotopic (exact) mass is 275 g/mol. The summed E-state index contributed by atoms with van der Waals surface area (Å²) in [5.74, 6) is 0.846. The fraction of sp³-hybridized carbons (Fsp3) is 0.385. The van der Waals surface area contributed by atoms with Crippen molar-refractivity contribution < 1.29 is 9.53 Å². The Bertz CT molecular complexity index is 556. The quantitative estimate of drug-likeness (QED) is 0.734. The number of anilines is 1.